The number of hydrogen-bond donors (Lipinski definition) is 2. The van der Waals surface area contributed by atoms with Crippen LogP contribution in [0.3, 0.4) is 0 Å². The van der Waals surface area contributed by atoms with E-state index in [9.17, 15) is 9.59 Å². The molecule has 2 amide bonds. The molecule has 0 unspecified atom stereocenters. The van der Waals surface area contributed by atoms with Gasteiger partial charge < -0.3 is 5.32 Å². The van der Waals surface area contributed by atoms with Crippen molar-refractivity contribution in [3.05, 3.63) is 53.1 Å². The van der Waals surface area contributed by atoms with Crippen molar-refractivity contribution < 1.29 is 9.59 Å². The Bertz CT molecular complexity index is 1010. The van der Waals surface area contributed by atoms with E-state index in [2.05, 4.69) is 34.7 Å². The van der Waals surface area contributed by atoms with E-state index in [0.29, 0.717) is 17.1 Å². The first-order valence-corrected chi connectivity index (χ1v) is 9.57. The molecule has 2 aromatic carbocycles. The summed E-state index contributed by atoms with van der Waals surface area (Å²) in [6.45, 7) is 2.12. The molecular formula is C20H19N3O2S. The summed E-state index contributed by atoms with van der Waals surface area (Å²) in [7, 11) is 0. The minimum Gasteiger partial charge on any atom is -0.326 e. The van der Waals surface area contributed by atoms with Crippen molar-refractivity contribution in [1.29, 1.82) is 0 Å². The zero-order chi connectivity index (χ0) is 18.1. The van der Waals surface area contributed by atoms with E-state index in [1.165, 1.54) is 16.9 Å². The fourth-order valence-corrected chi connectivity index (χ4v) is 4.05. The molecule has 2 N–H and O–H groups in total. The van der Waals surface area contributed by atoms with E-state index < -0.39 is 0 Å². The number of nitrogens with zero attached hydrogens (tertiary/aromatic N) is 1. The highest BCUT2D eigenvalue weighted by Crippen LogP contribution is 2.28. The molecule has 3 aromatic rings. The maximum absolute atomic E-state index is 12.6. The molecule has 0 saturated heterocycles. The number of amides is 2. The predicted molar refractivity (Wildman–Crippen MR) is 105 cm³/mol. The van der Waals surface area contributed by atoms with Gasteiger partial charge in [-0.15, -0.1) is 0 Å². The largest absolute Gasteiger partial charge is 0.326 e. The number of hydrogen-bond acceptors (Lipinski definition) is 4. The fraction of sp³-hybridized carbons (Fsp3) is 0.250. The van der Waals surface area contributed by atoms with Crippen molar-refractivity contribution in [1.82, 2.24) is 4.98 Å². The molecule has 0 fully saturated rings. The van der Waals surface area contributed by atoms with Crippen LogP contribution in [0.25, 0.3) is 10.2 Å². The molecule has 1 aromatic heterocycles. The Labute approximate surface area is 155 Å². The lowest BCUT2D eigenvalue weighted by atomic mass is 10.0. The van der Waals surface area contributed by atoms with Gasteiger partial charge in [0.1, 0.15) is 0 Å². The van der Waals surface area contributed by atoms with Gasteiger partial charge in [-0.2, -0.15) is 0 Å². The summed E-state index contributed by atoms with van der Waals surface area (Å²) >= 11 is 1.48. The lowest BCUT2D eigenvalue weighted by Crippen LogP contribution is -2.13. The number of carbonyl (C=O) groups is 2. The first-order chi connectivity index (χ1) is 12.6. The lowest BCUT2D eigenvalue weighted by molar-refractivity contribution is -0.116. The highest BCUT2D eigenvalue weighted by atomic mass is 32.1. The molecule has 4 rings (SSSR count). The van der Waals surface area contributed by atoms with Crippen LogP contribution in [0, 0.1) is 0 Å². The molecule has 26 heavy (non-hydrogen) atoms. The van der Waals surface area contributed by atoms with Crippen LogP contribution in [0.4, 0.5) is 10.8 Å². The van der Waals surface area contributed by atoms with Gasteiger partial charge in [0.15, 0.2) is 5.13 Å². The van der Waals surface area contributed by atoms with Crippen LogP contribution < -0.4 is 10.6 Å². The number of nitrogens with one attached hydrogen (secondary N) is 2. The third-order valence-corrected chi connectivity index (χ3v) is 5.51. The van der Waals surface area contributed by atoms with Crippen molar-refractivity contribution in [3.8, 4) is 0 Å². The number of carbonyl (C=O) groups excluding carboxylic acids is 2. The number of anilines is 2. The normalized spacial score (nSPS) is 13.8. The minimum atomic E-state index is -0.182. The second-order valence-corrected chi connectivity index (χ2v) is 7.43. The van der Waals surface area contributed by atoms with Crippen molar-refractivity contribution in [2.45, 2.75) is 32.6 Å². The summed E-state index contributed by atoms with van der Waals surface area (Å²) in [5.41, 5.74) is 4.53. The van der Waals surface area contributed by atoms with Crippen LogP contribution in [0.2, 0.25) is 0 Å². The standard InChI is InChI=1S/C20H19N3O2S/c1-2-12-6-8-16-17(10-12)26-20(22-16)23-19(25)14-7-9-15-13(11-14)4-3-5-18(24)21-15/h6-11H,2-5H2,1H3,(H,21,24)(H,22,23,25). The molecule has 1 aliphatic rings. The Balaban J connectivity index is 1.56. The average molecular weight is 365 g/mol. The molecule has 2 heterocycles. The summed E-state index contributed by atoms with van der Waals surface area (Å²) in [5, 5.41) is 6.38. The second kappa shape index (κ2) is 6.88. The molecule has 0 atom stereocenters. The summed E-state index contributed by atoms with van der Waals surface area (Å²) in [5.74, 6) is -0.153. The van der Waals surface area contributed by atoms with Crippen LogP contribution in [0.5, 0.6) is 0 Å². The topological polar surface area (TPSA) is 71.1 Å². The SMILES string of the molecule is CCc1ccc2nc(NC(=O)c3ccc4c(c3)CCCC(=O)N4)sc2c1. The second-order valence-electron chi connectivity index (χ2n) is 6.40. The van der Waals surface area contributed by atoms with Gasteiger partial charge in [0, 0.05) is 17.7 Å². The molecule has 0 radical (unpaired) electrons. The van der Waals surface area contributed by atoms with E-state index >= 15 is 0 Å². The molecule has 0 bridgehead atoms. The summed E-state index contributed by atoms with van der Waals surface area (Å²) in [4.78, 5) is 28.8. The number of aryl methyl sites for hydroxylation is 2. The van der Waals surface area contributed by atoms with E-state index in [4.69, 9.17) is 0 Å². The van der Waals surface area contributed by atoms with Gasteiger partial charge in [-0.25, -0.2) is 4.98 Å². The van der Waals surface area contributed by atoms with Gasteiger partial charge in [0.2, 0.25) is 5.91 Å². The van der Waals surface area contributed by atoms with Gasteiger partial charge in [0.05, 0.1) is 10.2 Å². The Kier molecular flexibility index (Phi) is 4.42. The summed E-state index contributed by atoms with van der Waals surface area (Å²) < 4.78 is 1.07. The van der Waals surface area contributed by atoms with Crippen LogP contribution in [-0.2, 0) is 17.6 Å². The maximum Gasteiger partial charge on any atom is 0.257 e. The summed E-state index contributed by atoms with van der Waals surface area (Å²) in [6.07, 6.45) is 3.07. The zero-order valence-corrected chi connectivity index (χ0v) is 15.3. The first kappa shape index (κ1) is 16.7. The van der Waals surface area contributed by atoms with Crippen molar-refractivity contribution in [3.63, 3.8) is 0 Å². The van der Waals surface area contributed by atoms with E-state index in [1.807, 2.05) is 12.1 Å². The maximum atomic E-state index is 12.6. The Hall–Kier alpha value is -2.73. The van der Waals surface area contributed by atoms with Crippen molar-refractivity contribution in [2.75, 3.05) is 10.6 Å². The van der Waals surface area contributed by atoms with Crippen LogP contribution in [-0.4, -0.2) is 16.8 Å². The minimum absolute atomic E-state index is 0.0295. The predicted octanol–water partition coefficient (Wildman–Crippen LogP) is 4.39. The van der Waals surface area contributed by atoms with Crippen LogP contribution >= 0.6 is 11.3 Å². The number of benzene rings is 2. The van der Waals surface area contributed by atoms with Gasteiger partial charge in [-0.3, -0.25) is 14.9 Å². The zero-order valence-electron chi connectivity index (χ0n) is 14.5. The summed E-state index contributed by atoms with van der Waals surface area (Å²) in [6, 6.07) is 11.6. The van der Waals surface area contributed by atoms with Crippen molar-refractivity contribution in [2.24, 2.45) is 0 Å². The highest BCUT2D eigenvalue weighted by Gasteiger charge is 2.16. The Morgan fingerprint density at radius 1 is 1.23 bits per heavy atom. The quantitative estimate of drug-likeness (QED) is 0.723. The van der Waals surface area contributed by atoms with Gasteiger partial charge in [-0.1, -0.05) is 24.3 Å². The molecule has 0 spiro atoms. The highest BCUT2D eigenvalue weighted by molar-refractivity contribution is 7.22. The number of aromatic nitrogens is 1. The molecule has 0 aliphatic carbocycles. The van der Waals surface area contributed by atoms with Crippen LogP contribution in [0.15, 0.2) is 36.4 Å². The third-order valence-electron chi connectivity index (χ3n) is 4.57. The lowest BCUT2D eigenvalue weighted by Gasteiger charge is -2.09. The first-order valence-electron chi connectivity index (χ1n) is 8.76. The molecule has 132 valence electrons. The molecular weight excluding hydrogens is 346 g/mol. The van der Waals surface area contributed by atoms with E-state index in [-0.39, 0.29) is 11.8 Å². The van der Waals surface area contributed by atoms with E-state index in [0.717, 1.165) is 40.7 Å². The number of fused-ring (bicyclic) bond motifs is 2. The van der Waals surface area contributed by atoms with Gasteiger partial charge in [0.25, 0.3) is 5.91 Å². The average Bonchev–Trinajstić information content (AvgIpc) is 2.93. The molecule has 6 heteroatoms. The number of thiazole rings is 1. The smallest absolute Gasteiger partial charge is 0.257 e. The fourth-order valence-electron chi connectivity index (χ4n) is 3.13. The van der Waals surface area contributed by atoms with Gasteiger partial charge >= 0.3 is 0 Å². The Morgan fingerprint density at radius 2 is 2.12 bits per heavy atom. The molecule has 5 nitrogen and oxygen atoms in total. The van der Waals surface area contributed by atoms with Gasteiger partial charge in [-0.05, 0) is 60.7 Å². The monoisotopic (exact) mass is 365 g/mol. The number of rotatable bonds is 3. The van der Waals surface area contributed by atoms with Crippen LogP contribution in [0.1, 0.15) is 41.3 Å². The third kappa shape index (κ3) is 3.32. The van der Waals surface area contributed by atoms with E-state index in [1.54, 1.807) is 12.1 Å². The van der Waals surface area contributed by atoms with Crippen molar-refractivity contribution >= 4 is 44.2 Å². The molecule has 1 aliphatic heterocycles. The molecule has 0 saturated carbocycles. The Morgan fingerprint density at radius 3 is 2.96 bits per heavy atom.